The van der Waals surface area contributed by atoms with Crippen LogP contribution in [0.5, 0.6) is 0 Å². The van der Waals surface area contributed by atoms with Crippen molar-refractivity contribution in [1.82, 2.24) is 20.1 Å². The Kier molecular flexibility index (Phi) is 3.08. The second-order valence-corrected chi connectivity index (χ2v) is 4.76. The van der Waals surface area contributed by atoms with Crippen LogP contribution in [-0.2, 0) is 7.05 Å². The molecule has 2 rings (SSSR count). The molecule has 14 heavy (non-hydrogen) atoms. The van der Waals surface area contributed by atoms with Crippen LogP contribution < -0.4 is 5.32 Å². The van der Waals surface area contributed by atoms with E-state index in [-0.39, 0.29) is 0 Å². The van der Waals surface area contributed by atoms with Crippen molar-refractivity contribution in [3.8, 4) is 0 Å². The lowest BCUT2D eigenvalue weighted by Crippen LogP contribution is -2.29. The molecule has 78 valence electrons. The molecule has 4 nitrogen and oxygen atoms in total. The Morgan fingerprint density at radius 3 is 3.00 bits per heavy atom. The summed E-state index contributed by atoms with van der Waals surface area (Å²) >= 11 is 1.78. The Bertz CT molecular complexity index is 295. The van der Waals surface area contributed by atoms with Crippen LogP contribution in [0.2, 0.25) is 0 Å². The van der Waals surface area contributed by atoms with Gasteiger partial charge in [0, 0.05) is 18.8 Å². The SMILES string of the molecule is CNC(CSc1nncn1C)C1CC1. The van der Waals surface area contributed by atoms with E-state index in [9.17, 15) is 0 Å². The summed E-state index contributed by atoms with van der Waals surface area (Å²) in [5.41, 5.74) is 0. The molecule has 1 unspecified atom stereocenters. The van der Waals surface area contributed by atoms with Crippen molar-refractivity contribution >= 4 is 11.8 Å². The van der Waals surface area contributed by atoms with E-state index in [2.05, 4.69) is 15.5 Å². The number of aromatic nitrogens is 3. The molecule has 5 heteroatoms. The average Bonchev–Trinajstić information content (AvgIpc) is 2.93. The Morgan fingerprint density at radius 1 is 1.71 bits per heavy atom. The van der Waals surface area contributed by atoms with Crippen molar-refractivity contribution < 1.29 is 0 Å². The van der Waals surface area contributed by atoms with Crippen LogP contribution in [0.4, 0.5) is 0 Å². The lowest BCUT2D eigenvalue weighted by molar-refractivity contribution is 0.553. The number of aryl methyl sites for hydroxylation is 1. The number of thioether (sulfide) groups is 1. The zero-order chi connectivity index (χ0) is 9.97. The number of nitrogens with one attached hydrogen (secondary N) is 1. The Balaban J connectivity index is 1.83. The molecule has 0 bridgehead atoms. The third-order valence-corrected chi connectivity index (χ3v) is 3.78. The predicted molar refractivity (Wildman–Crippen MR) is 57.3 cm³/mol. The predicted octanol–water partition coefficient (Wildman–Crippen LogP) is 0.905. The lowest BCUT2D eigenvalue weighted by atomic mass is 10.2. The summed E-state index contributed by atoms with van der Waals surface area (Å²) in [6.07, 6.45) is 4.50. The molecular weight excluding hydrogens is 196 g/mol. The quantitative estimate of drug-likeness (QED) is 0.737. The summed E-state index contributed by atoms with van der Waals surface area (Å²) in [6.45, 7) is 0. The van der Waals surface area contributed by atoms with Crippen molar-refractivity contribution in [2.75, 3.05) is 12.8 Å². The first-order valence-corrected chi connectivity index (χ1v) is 5.94. The molecule has 0 aliphatic heterocycles. The molecular formula is C9H16N4S. The Labute approximate surface area is 88.5 Å². The zero-order valence-electron chi connectivity index (χ0n) is 8.60. The maximum Gasteiger partial charge on any atom is 0.190 e. The molecule has 0 amide bonds. The minimum Gasteiger partial charge on any atom is -0.316 e. The van der Waals surface area contributed by atoms with Crippen molar-refractivity contribution in [2.45, 2.75) is 24.0 Å². The second-order valence-electron chi connectivity index (χ2n) is 3.77. The van der Waals surface area contributed by atoms with Crippen LogP contribution in [0.1, 0.15) is 12.8 Å². The number of hydrogen-bond acceptors (Lipinski definition) is 4. The fraction of sp³-hybridized carbons (Fsp3) is 0.778. The van der Waals surface area contributed by atoms with Gasteiger partial charge in [-0.1, -0.05) is 11.8 Å². The standard InChI is InChI=1S/C9H16N4S/c1-10-8(7-3-4-7)5-14-9-12-11-6-13(9)2/h6-8,10H,3-5H2,1-2H3. The first kappa shape index (κ1) is 9.98. The third-order valence-electron chi connectivity index (χ3n) is 2.62. The van der Waals surface area contributed by atoms with Crippen LogP contribution >= 0.6 is 11.8 Å². The largest absolute Gasteiger partial charge is 0.316 e. The summed E-state index contributed by atoms with van der Waals surface area (Å²) in [6, 6.07) is 0.636. The molecule has 1 atom stereocenters. The monoisotopic (exact) mass is 212 g/mol. The van der Waals surface area contributed by atoms with Gasteiger partial charge in [-0.15, -0.1) is 10.2 Å². The molecule has 0 aromatic carbocycles. The molecule has 1 aromatic heterocycles. The van der Waals surface area contributed by atoms with E-state index in [1.54, 1.807) is 18.1 Å². The minimum absolute atomic E-state index is 0.636. The van der Waals surface area contributed by atoms with Gasteiger partial charge in [-0.05, 0) is 25.8 Å². The summed E-state index contributed by atoms with van der Waals surface area (Å²) in [5.74, 6) is 1.98. The summed E-state index contributed by atoms with van der Waals surface area (Å²) in [4.78, 5) is 0. The van der Waals surface area contributed by atoms with Gasteiger partial charge in [-0.25, -0.2) is 0 Å². The summed E-state index contributed by atoms with van der Waals surface area (Å²) in [5, 5.41) is 12.3. The maximum absolute atomic E-state index is 4.05. The molecule has 0 saturated heterocycles. The van der Waals surface area contributed by atoms with E-state index in [1.807, 2.05) is 18.7 Å². The van der Waals surface area contributed by atoms with E-state index in [4.69, 9.17) is 0 Å². The van der Waals surface area contributed by atoms with E-state index < -0.39 is 0 Å². The van der Waals surface area contributed by atoms with E-state index in [0.717, 1.165) is 16.8 Å². The smallest absolute Gasteiger partial charge is 0.190 e. The van der Waals surface area contributed by atoms with E-state index in [0.29, 0.717) is 6.04 Å². The van der Waals surface area contributed by atoms with Gasteiger partial charge in [-0.3, -0.25) is 0 Å². The maximum atomic E-state index is 4.05. The molecule has 1 aliphatic carbocycles. The van der Waals surface area contributed by atoms with Gasteiger partial charge in [0.25, 0.3) is 0 Å². The molecule has 1 heterocycles. The molecule has 1 aromatic rings. The number of rotatable bonds is 5. The van der Waals surface area contributed by atoms with Gasteiger partial charge < -0.3 is 9.88 Å². The molecule has 0 spiro atoms. The van der Waals surface area contributed by atoms with Crippen molar-refractivity contribution in [3.63, 3.8) is 0 Å². The average molecular weight is 212 g/mol. The van der Waals surface area contributed by atoms with Crippen LogP contribution in [-0.4, -0.2) is 33.6 Å². The number of hydrogen-bond donors (Lipinski definition) is 1. The molecule has 0 radical (unpaired) electrons. The van der Waals surface area contributed by atoms with Crippen LogP contribution in [0.3, 0.4) is 0 Å². The van der Waals surface area contributed by atoms with E-state index in [1.165, 1.54) is 12.8 Å². The van der Waals surface area contributed by atoms with Gasteiger partial charge in [0.15, 0.2) is 5.16 Å². The molecule has 1 N–H and O–H groups in total. The van der Waals surface area contributed by atoms with Crippen LogP contribution in [0.25, 0.3) is 0 Å². The van der Waals surface area contributed by atoms with Gasteiger partial charge >= 0.3 is 0 Å². The van der Waals surface area contributed by atoms with Crippen LogP contribution in [0.15, 0.2) is 11.5 Å². The van der Waals surface area contributed by atoms with E-state index >= 15 is 0 Å². The highest BCUT2D eigenvalue weighted by Gasteiger charge is 2.30. The summed E-state index contributed by atoms with van der Waals surface area (Å²) in [7, 11) is 4.02. The topological polar surface area (TPSA) is 42.7 Å². The first-order chi connectivity index (χ1) is 6.81. The molecule has 1 aliphatic rings. The highest BCUT2D eigenvalue weighted by atomic mass is 32.2. The second kappa shape index (κ2) is 4.31. The minimum atomic E-state index is 0.636. The van der Waals surface area contributed by atoms with Crippen molar-refractivity contribution in [3.05, 3.63) is 6.33 Å². The van der Waals surface area contributed by atoms with Crippen molar-refractivity contribution in [2.24, 2.45) is 13.0 Å². The van der Waals surface area contributed by atoms with Gasteiger partial charge in [0.2, 0.25) is 0 Å². The first-order valence-electron chi connectivity index (χ1n) is 4.95. The molecule has 1 fully saturated rings. The number of nitrogens with zero attached hydrogens (tertiary/aromatic N) is 3. The highest BCUT2D eigenvalue weighted by Crippen LogP contribution is 2.34. The van der Waals surface area contributed by atoms with Crippen LogP contribution in [0, 0.1) is 5.92 Å². The third kappa shape index (κ3) is 2.27. The van der Waals surface area contributed by atoms with Gasteiger partial charge in [0.1, 0.15) is 6.33 Å². The summed E-state index contributed by atoms with van der Waals surface area (Å²) < 4.78 is 1.96. The zero-order valence-corrected chi connectivity index (χ0v) is 9.42. The molecule has 1 saturated carbocycles. The lowest BCUT2D eigenvalue weighted by Gasteiger charge is -2.13. The van der Waals surface area contributed by atoms with Gasteiger partial charge in [0.05, 0.1) is 0 Å². The Morgan fingerprint density at radius 2 is 2.50 bits per heavy atom. The fourth-order valence-corrected chi connectivity index (χ4v) is 2.64. The normalized spacial score (nSPS) is 18.4. The highest BCUT2D eigenvalue weighted by molar-refractivity contribution is 7.99. The van der Waals surface area contributed by atoms with Crippen molar-refractivity contribution in [1.29, 1.82) is 0 Å². The fourth-order valence-electron chi connectivity index (χ4n) is 1.52. The Hall–Kier alpha value is -0.550. The van der Waals surface area contributed by atoms with Gasteiger partial charge in [-0.2, -0.15) is 0 Å².